The summed E-state index contributed by atoms with van der Waals surface area (Å²) >= 11 is 0. The summed E-state index contributed by atoms with van der Waals surface area (Å²) < 4.78 is 19.0. The van der Waals surface area contributed by atoms with Crippen LogP contribution in [0.2, 0.25) is 0 Å². The average Bonchev–Trinajstić information content (AvgIpc) is 3.23. The van der Waals surface area contributed by atoms with Gasteiger partial charge in [0.2, 0.25) is 0 Å². The lowest BCUT2D eigenvalue weighted by Crippen LogP contribution is -2.00. The predicted octanol–water partition coefficient (Wildman–Crippen LogP) is 3.73. The third-order valence-corrected chi connectivity index (χ3v) is 3.20. The largest absolute Gasteiger partial charge is 0.490 e. The lowest BCUT2D eigenvalue weighted by Gasteiger charge is -2.08. The monoisotopic (exact) mass is 272 g/mol. The molecule has 4 heteroatoms. The van der Waals surface area contributed by atoms with Crippen molar-refractivity contribution >= 4 is 5.97 Å². The van der Waals surface area contributed by atoms with Crippen LogP contribution in [0, 0.1) is 5.82 Å². The van der Waals surface area contributed by atoms with Crippen LogP contribution < -0.4 is 4.74 Å². The summed E-state index contributed by atoms with van der Waals surface area (Å²) in [6.45, 7) is 0. The molecule has 2 aromatic rings. The first kappa shape index (κ1) is 12.7. The molecular formula is C16H13FO3. The molecule has 1 fully saturated rings. The number of benzene rings is 2. The van der Waals surface area contributed by atoms with Crippen molar-refractivity contribution < 1.29 is 19.0 Å². The first-order valence-electron chi connectivity index (χ1n) is 6.43. The van der Waals surface area contributed by atoms with E-state index in [4.69, 9.17) is 9.84 Å². The van der Waals surface area contributed by atoms with Gasteiger partial charge in [0, 0.05) is 0 Å². The van der Waals surface area contributed by atoms with E-state index in [1.54, 1.807) is 24.3 Å². The summed E-state index contributed by atoms with van der Waals surface area (Å²) in [7, 11) is 0. The highest BCUT2D eigenvalue weighted by atomic mass is 19.1. The standard InChI is InChI=1S/C16H13FO3/c17-11-3-8-14(16(18)19)15(9-11)10-1-4-12(5-2-10)20-13-6-7-13/h1-5,8-9,13H,6-7H2,(H,18,19). The van der Waals surface area contributed by atoms with Gasteiger partial charge >= 0.3 is 5.97 Å². The molecule has 1 aliphatic rings. The van der Waals surface area contributed by atoms with Crippen LogP contribution in [0.3, 0.4) is 0 Å². The van der Waals surface area contributed by atoms with Crippen molar-refractivity contribution in [1.29, 1.82) is 0 Å². The minimum Gasteiger partial charge on any atom is -0.490 e. The molecule has 0 bridgehead atoms. The molecule has 0 spiro atoms. The molecule has 0 amide bonds. The van der Waals surface area contributed by atoms with E-state index in [0.29, 0.717) is 17.2 Å². The lowest BCUT2D eigenvalue weighted by atomic mass is 9.99. The summed E-state index contributed by atoms with van der Waals surface area (Å²) in [5.41, 5.74) is 1.11. The van der Waals surface area contributed by atoms with E-state index in [1.165, 1.54) is 12.1 Å². The van der Waals surface area contributed by atoms with Crippen molar-refractivity contribution in [3.05, 3.63) is 53.8 Å². The number of carbonyl (C=O) groups is 1. The Bertz CT molecular complexity index is 645. The van der Waals surface area contributed by atoms with E-state index in [-0.39, 0.29) is 5.56 Å². The molecule has 3 nitrogen and oxygen atoms in total. The third-order valence-electron chi connectivity index (χ3n) is 3.20. The molecule has 0 atom stereocenters. The SMILES string of the molecule is O=C(O)c1ccc(F)cc1-c1ccc(OC2CC2)cc1. The van der Waals surface area contributed by atoms with E-state index >= 15 is 0 Å². The van der Waals surface area contributed by atoms with Gasteiger partial charge in [0.05, 0.1) is 11.7 Å². The minimum absolute atomic E-state index is 0.0854. The maximum absolute atomic E-state index is 13.3. The topological polar surface area (TPSA) is 46.5 Å². The van der Waals surface area contributed by atoms with Crippen molar-refractivity contribution in [2.75, 3.05) is 0 Å². The number of halogens is 1. The molecule has 102 valence electrons. The van der Waals surface area contributed by atoms with E-state index in [9.17, 15) is 9.18 Å². The second-order valence-corrected chi connectivity index (χ2v) is 4.84. The number of hydrogen-bond acceptors (Lipinski definition) is 2. The second kappa shape index (κ2) is 4.96. The molecule has 0 radical (unpaired) electrons. The molecule has 2 aromatic carbocycles. The fraction of sp³-hybridized carbons (Fsp3) is 0.188. The average molecular weight is 272 g/mol. The van der Waals surface area contributed by atoms with Crippen LogP contribution in [-0.2, 0) is 0 Å². The van der Waals surface area contributed by atoms with Gasteiger partial charge in [-0.1, -0.05) is 12.1 Å². The molecule has 20 heavy (non-hydrogen) atoms. The second-order valence-electron chi connectivity index (χ2n) is 4.84. The highest BCUT2D eigenvalue weighted by Crippen LogP contribution is 2.30. The predicted molar refractivity (Wildman–Crippen MR) is 72.4 cm³/mol. The number of rotatable bonds is 4. The van der Waals surface area contributed by atoms with E-state index in [0.717, 1.165) is 24.7 Å². The van der Waals surface area contributed by atoms with Gasteiger partial charge < -0.3 is 9.84 Å². The Balaban J connectivity index is 1.94. The highest BCUT2D eigenvalue weighted by molar-refractivity contribution is 5.96. The van der Waals surface area contributed by atoms with Crippen molar-refractivity contribution in [2.45, 2.75) is 18.9 Å². The third kappa shape index (κ3) is 2.64. The number of carboxylic acids is 1. The first-order valence-corrected chi connectivity index (χ1v) is 6.43. The number of carboxylic acid groups (broad SMARTS) is 1. The van der Waals surface area contributed by atoms with E-state index < -0.39 is 11.8 Å². The van der Waals surface area contributed by atoms with Crippen molar-refractivity contribution in [2.24, 2.45) is 0 Å². The smallest absolute Gasteiger partial charge is 0.336 e. The molecule has 0 aromatic heterocycles. The van der Waals surface area contributed by atoms with Crippen molar-refractivity contribution in [3.63, 3.8) is 0 Å². The van der Waals surface area contributed by atoms with Crippen LogP contribution in [0.4, 0.5) is 4.39 Å². The van der Waals surface area contributed by atoms with Crippen molar-refractivity contribution in [3.8, 4) is 16.9 Å². The van der Waals surface area contributed by atoms with Crippen molar-refractivity contribution in [1.82, 2.24) is 0 Å². The zero-order chi connectivity index (χ0) is 14.1. The fourth-order valence-electron chi connectivity index (χ4n) is 2.03. The summed E-state index contributed by atoms with van der Waals surface area (Å²) in [5, 5.41) is 9.15. The highest BCUT2D eigenvalue weighted by Gasteiger charge is 2.23. The van der Waals surface area contributed by atoms with Gasteiger partial charge in [0.1, 0.15) is 11.6 Å². The Kier molecular flexibility index (Phi) is 3.14. The van der Waals surface area contributed by atoms with Crippen LogP contribution in [0.1, 0.15) is 23.2 Å². The maximum Gasteiger partial charge on any atom is 0.336 e. The fourth-order valence-corrected chi connectivity index (χ4v) is 2.03. The van der Waals surface area contributed by atoms with Gasteiger partial charge in [-0.25, -0.2) is 9.18 Å². The first-order chi connectivity index (χ1) is 9.63. The van der Waals surface area contributed by atoms with Gasteiger partial charge in [0.25, 0.3) is 0 Å². The Morgan fingerprint density at radius 2 is 1.85 bits per heavy atom. The Hall–Kier alpha value is -2.36. The van der Waals surface area contributed by atoms with Gasteiger partial charge in [-0.15, -0.1) is 0 Å². The molecule has 3 rings (SSSR count). The zero-order valence-electron chi connectivity index (χ0n) is 10.7. The summed E-state index contributed by atoms with van der Waals surface area (Å²) in [6, 6.07) is 10.7. The quantitative estimate of drug-likeness (QED) is 0.922. The molecule has 1 aliphatic carbocycles. The molecule has 1 saturated carbocycles. The molecule has 1 N–H and O–H groups in total. The van der Waals surface area contributed by atoms with E-state index in [1.807, 2.05) is 0 Å². The Morgan fingerprint density at radius 1 is 1.15 bits per heavy atom. The van der Waals surface area contributed by atoms with Crippen LogP contribution >= 0.6 is 0 Å². The number of aromatic carboxylic acids is 1. The number of hydrogen-bond donors (Lipinski definition) is 1. The van der Waals surface area contributed by atoms with Crippen LogP contribution in [0.25, 0.3) is 11.1 Å². The van der Waals surface area contributed by atoms with E-state index in [2.05, 4.69) is 0 Å². The molecule has 0 aliphatic heterocycles. The van der Waals surface area contributed by atoms with Crippen LogP contribution in [-0.4, -0.2) is 17.2 Å². The Morgan fingerprint density at radius 3 is 2.45 bits per heavy atom. The summed E-state index contributed by atoms with van der Waals surface area (Å²) in [6.07, 6.45) is 2.47. The zero-order valence-corrected chi connectivity index (χ0v) is 10.7. The normalized spacial score (nSPS) is 14.1. The van der Waals surface area contributed by atoms with Gasteiger partial charge in [-0.2, -0.15) is 0 Å². The maximum atomic E-state index is 13.3. The molecule has 0 saturated heterocycles. The Labute approximate surface area is 115 Å². The minimum atomic E-state index is -1.07. The summed E-state index contributed by atoms with van der Waals surface area (Å²) in [5.74, 6) is -0.772. The van der Waals surface area contributed by atoms with Gasteiger partial charge in [-0.05, 0) is 54.3 Å². The van der Waals surface area contributed by atoms with Crippen LogP contribution in [0.5, 0.6) is 5.75 Å². The molecule has 0 unspecified atom stereocenters. The molecule has 0 heterocycles. The lowest BCUT2D eigenvalue weighted by molar-refractivity contribution is 0.0697. The van der Waals surface area contributed by atoms with Crippen LogP contribution in [0.15, 0.2) is 42.5 Å². The van der Waals surface area contributed by atoms with Gasteiger partial charge in [-0.3, -0.25) is 0 Å². The van der Waals surface area contributed by atoms with Gasteiger partial charge in [0.15, 0.2) is 0 Å². The summed E-state index contributed by atoms with van der Waals surface area (Å²) in [4.78, 5) is 11.2. The number of ether oxygens (including phenoxy) is 1. The molecular weight excluding hydrogens is 259 g/mol.